The van der Waals surface area contributed by atoms with Gasteiger partial charge in [-0.2, -0.15) is 0 Å². The molecular weight excluding hydrogens is 264 g/mol. The van der Waals surface area contributed by atoms with Crippen LogP contribution in [0.25, 0.3) is 11.4 Å². The molecule has 1 aliphatic heterocycles. The van der Waals surface area contributed by atoms with Crippen molar-refractivity contribution in [1.82, 2.24) is 19.7 Å². The third-order valence-corrected chi connectivity index (χ3v) is 3.95. The van der Waals surface area contributed by atoms with Crippen LogP contribution in [0.4, 0.5) is 0 Å². The van der Waals surface area contributed by atoms with Crippen molar-refractivity contribution in [3.05, 3.63) is 36.2 Å². The van der Waals surface area contributed by atoms with Gasteiger partial charge >= 0.3 is 0 Å². The zero-order chi connectivity index (χ0) is 15.0. The van der Waals surface area contributed by atoms with Crippen molar-refractivity contribution in [2.24, 2.45) is 12.5 Å². The minimum atomic E-state index is -0.0710. The molecule has 1 saturated heterocycles. The molecule has 0 atom stereocenters. The van der Waals surface area contributed by atoms with Crippen LogP contribution in [0.1, 0.15) is 30.9 Å². The third kappa shape index (κ3) is 2.68. The Balaban J connectivity index is 1.86. The number of carbonyl (C=O) groups is 1. The van der Waals surface area contributed by atoms with E-state index in [1.165, 1.54) is 0 Å². The molecule has 0 saturated carbocycles. The largest absolute Gasteiger partial charge is 0.335 e. The molecule has 0 N–H and O–H groups in total. The first kappa shape index (κ1) is 13.8. The lowest BCUT2D eigenvalue weighted by molar-refractivity contribution is 0.0766. The first-order chi connectivity index (χ1) is 9.96. The highest BCUT2D eigenvalue weighted by Crippen LogP contribution is 2.29. The topological polar surface area (TPSA) is 51.0 Å². The minimum Gasteiger partial charge on any atom is -0.335 e. The van der Waals surface area contributed by atoms with E-state index in [0.29, 0.717) is 0 Å². The van der Waals surface area contributed by atoms with E-state index in [2.05, 4.69) is 23.9 Å². The lowest BCUT2D eigenvalue weighted by atomic mass is 9.93. The Labute approximate surface area is 124 Å². The van der Waals surface area contributed by atoms with Crippen LogP contribution in [0.5, 0.6) is 0 Å². The van der Waals surface area contributed by atoms with Crippen LogP contribution in [0.2, 0.25) is 0 Å². The Morgan fingerprint density at radius 3 is 2.57 bits per heavy atom. The molecule has 5 heteroatoms. The van der Waals surface area contributed by atoms with Crippen LogP contribution in [0.3, 0.4) is 0 Å². The number of nitrogens with zero attached hydrogens (tertiary/aromatic N) is 4. The van der Waals surface area contributed by atoms with E-state index < -0.39 is 0 Å². The SMILES string of the molecule is Cn1nc(C(=O)N2CCC(C)(C)C2)nc1-c1ccccc1. The zero-order valence-electron chi connectivity index (χ0n) is 12.7. The normalized spacial score (nSPS) is 17.2. The number of rotatable bonds is 2. The van der Waals surface area contributed by atoms with Crippen molar-refractivity contribution < 1.29 is 4.79 Å². The summed E-state index contributed by atoms with van der Waals surface area (Å²) in [6.45, 7) is 5.92. The summed E-state index contributed by atoms with van der Waals surface area (Å²) in [7, 11) is 1.82. The van der Waals surface area contributed by atoms with Gasteiger partial charge in [0.1, 0.15) is 0 Å². The number of aryl methyl sites for hydroxylation is 1. The molecule has 1 amide bonds. The predicted molar refractivity (Wildman–Crippen MR) is 80.7 cm³/mol. The maximum absolute atomic E-state index is 12.5. The number of amides is 1. The highest BCUT2D eigenvalue weighted by Gasteiger charge is 2.34. The van der Waals surface area contributed by atoms with Crippen LogP contribution in [0.15, 0.2) is 30.3 Å². The molecule has 0 bridgehead atoms. The molecule has 0 radical (unpaired) electrons. The lowest BCUT2D eigenvalue weighted by Gasteiger charge is -2.18. The predicted octanol–water partition coefficient (Wildman–Crippen LogP) is 2.35. The molecule has 0 spiro atoms. The second-order valence-corrected chi connectivity index (χ2v) is 6.39. The Morgan fingerprint density at radius 1 is 1.24 bits per heavy atom. The number of hydrogen-bond donors (Lipinski definition) is 0. The fourth-order valence-electron chi connectivity index (χ4n) is 2.74. The summed E-state index contributed by atoms with van der Waals surface area (Å²) in [5.74, 6) is 0.935. The number of hydrogen-bond acceptors (Lipinski definition) is 3. The molecule has 3 rings (SSSR count). The van der Waals surface area contributed by atoms with Gasteiger partial charge in [-0.3, -0.25) is 4.79 Å². The van der Waals surface area contributed by atoms with E-state index in [4.69, 9.17) is 0 Å². The average Bonchev–Trinajstić information content (AvgIpc) is 3.02. The lowest BCUT2D eigenvalue weighted by Crippen LogP contribution is -2.31. The highest BCUT2D eigenvalue weighted by atomic mass is 16.2. The summed E-state index contributed by atoms with van der Waals surface area (Å²) in [5, 5.41) is 4.29. The standard InChI is InChI=1S/C16H20N4O/c1-16(2)9-10-20(11-16)15(21)13-17-14(19(3)18-13)12-7-5-4-6-8-12/h4-8H,9-11H2,1-3H3. The zero-order valence-corrected chi connectivity index (χ0v) is 12.7. The van der Waals surface area contributed by atoms with Crippen molar-refractivity contribution in [1.29, 1.82) is 0 Å². The van der Waals surface area contributed by atoms with Gasteiger partial charge in [0, 0.05) is 25.7 Å². The molecule has 1 aliphatic rings. The Kier molecular flexibility index (Phi) is 3.27. The smallest absolute Gasteiger partial charge is 0.293 e. The summed E-state index contributed by atoms with van der Waals surface area (Å²) < 4.78 is 1.67. The first-order valence-corrected chi connectivity index (χ1v) is 7.22. The van der Waals surface area contributed by atoms with Gasteiger partial charge in [-0.05, 0) is 11.8 Å². The summed E-state index contributed by atoms with van der Waals surface area (Å²) in [4.78, 5) is 18.8. The van der Waals surface area contributed by atoms with Gasteiger partial charge in [0.2, 0.25) is 5.82 Å². The Hall–Kier alpha value is -2.17. The second-order valence-electron chi connectivity index (χ2n) is 6.39. The van der Waals surface area contributed by atoms with E-state index >= 15 is 0 Å². The maximum Gasteiger partial charge on any atom is 0.293 e. The molecular formula is C16H20N4O. The summed E-state index contributed by atoms with van der Waals surface area (Å²) in [5.41, 5.74) is 1.15. The van der Waals surface area contributed by atoms with Crippen LogP contribution >= 0.6 is 0 Å². The van der Waals surface area contributed by atoms with Gasteiger partial charge in [0.05, 0.1) is 0 Å². The van der Waals surface area contributed by atoms with E-state index in [1.807, 2.05) is 42.3 Å². The molecule has 21 heavy (non-hydrogen) atoms. The van der Waals surface area contributed by atoms with E-state index in [-0.39, 0.29) is 17.1 Å². The van der Waals surface area contributed by atoms with Crippen LogP contribution in [-0.2, 0) is 7.05 Å². The van der Waals surface area contributed by atoms with Gasteiger partial charge in [0.25, 0.3) is 5.91 Å². The molecule has 1 fully saturated rings. The summed E-state index contributed by atoms with van der Waals surface area (Å²) in [6, 6.07) is 9.80. The fourth-order valence-corrected chi connectivity index (χ4v) is 2.74. The molecule has 2 heterocycles. The molecule has 5 nitrogen and oxygen atoms in total. The Morgan fingerprint density at radius 2 is 1.95 bits per heavy atom. The monoisotopic (exact) mass is 284 g/mol. The van der Waals surface area contributed by atoms with E-state index in [0.717, 1.165) is 30.9 Å². The average molecular weight is 284 g/mol. The Bertz CT molecular complexity index is 660. The van der Waals surface area contributed by atoms with Gasteiger partial charge in [-0.25, -0.2) is 9.67 Å². The molecule has 2 aromatic rings. The number of benzene rings is 1. The van der Waals surface area contributed by atoms with Crippen molar-refractivity contribution >= 4 is 5.91 Å². The van der Waals surface area contributed by atoms with E-state index in [9.17, 15) is 4.79 Å². The van der Waals surface area contributed by atoms with Crippen LogP contribution < -0.4 is 0 Å². The van der Waals surface area contributed by atoms with E-state index in [1.54, 1.807) is 4.68 Å². The summed E-state index contributed by atoms with van der Waals surface area (Å²) in [6.07, 6.45) is 1.02. The minimum absolute atomic E-state index is 0.0710. The highest BCUT2D eigenvalue weighted by molar-refractivity contribution is 5.91. The van der Waals surface area contributed by atoms with Gasteiger partial charge < -0.3 is 4.90 Å². The molecule has 0 aliphatic carbocycles. The van der Waals surface area contributed by atoms with Gasteiger partial charge in [-0.15, -0.1) is 5.10 Å². The van der Waals surface area contributed by atoms with Crippen molar-refractivity contribution in [3.63, 3.8) is 0 Å². The third-order valence-electron chi connectivity index (χ3n) is 3.95. The number of aromatic nitrogens is 3. The van der Waals surface area contributed by atoms with Gasteiger partial charge in [0.15, 0.2) is 5.82 Å². The van der Waals surface area contributed by atoms with Crippen molar-refractivity contribution in [2.45, 2.75) is 20.3 Å². The van der Waals surface area contributed by atoms with Crippen molar-refractivity contribution in [3.8, 4) is 11.4 Å². The first-order valence-electron chi connectivity index (χ1n) is 7.22. The maximum atomic E-state index is 12.5. The van der Waals surface area contributed by atoms with Crippen molar-refractivity contribution in [2.75, 3.05) is 13.1 Å². The molecule has 0 unspecified atom stereocenters. The second kappa shape index (κ2) is 4.98. The van der Waals surface area contributed by atoms with Crippen LogP contribution in [-0.4, -0.2) is 38.7 Å². The quantitative estimate of drug-likeness (QED) is 0.850. The van der Waals surface area contributed by atoms with Crippen LogP contribution in [0, 0.1) is 5.41 Å². The summed E-state index contributed by atoms with van der Waals surface area (Å²) >= 11 is 0. The molecule has 1 aromatic heterocycles. The van der Waals surface area contributed by atoms with Gasteiger partial charge in [-0.1, -0.05) is 44.2 Å². The fraction of sp³-hybridized carbons (Fsp3) is 0.438. The number of likely N-dealkylation sites (tertiary alicyclic amines) is 1. The number of carbonyl (C=O) groups excluding carboxylic acids is 1. The molecule has 1 aromatic carbocycles. The molecule has 110 valence electrons.